The van der Waals surface area contributed by atoms with E-state index in [0.29, 0.717) is 0 Å². The summed E-state index contributed by atoms with van der Waals surface area (Å²) in [4.78, 5) is 0. The van der Waals surface area contributed by atoms with Crippen LogP contribution < -0.4 is 11.5 Å². The van der Waals surface area contributed by atoms with Crippen LogP contribution in [0.2, 0.25) is 0 Å². The molecule has 2 unspecified atom stereocenters. The van der Waals surface area contributed by atoms with Crippen molar-refractivity contribution in [1.29, 1.82) is 0 Å². The Morgan fingerprint density at radius 2 is 2.12 bits per heavy atom. The van der Waals surface area contributed by atoms with E-state index in [4.69, 9.17) is 16.2 Å². The van der Waals surface area contributed by atoms with Gasteiger partial charge in [-0.15, -0.1) is 0 Å². The van der Waals surface area contributed by atoms with Gasteiger partial charge in [0.15, 0.2) is 0 Å². The number of anilines is 1. The molecule has 0 saturated carbocycles. The minimum atomic E-state index is -0.789. The summed E-state index contributed by atoms with van der Waals surface area (Å²) < 4.78 is 5.38. The summed E-state index contributed by atoms with van der Waals surface area (Å²) in [5.41, 5.74) is 13.0. The third-order valence-electron chi connectivity index (χ3n) is 2.88. The van der Waals surface area contributed by atoms with Gasteiger partial charge in [-0.3, -0.25) is 5.73 Å². The number of allylic oxidation sites excluding steroid dienone is 2. The zero-order valence-corrected chi connectivity index (χ0v) is 9.26. The smallest absolute Gasteiger partial charge is 0.146 e. The number of hydrogen-bond acceptors (Lipinski definition) is 3. The van der Waals surface area contributed by atoms with Crippen LogP contribution in [-0.2, 0) is 4.74 Å². The monoisotopic (exact) mass is 216 g/mol. The van der Waals surface area contributed by atoms with Crippen LogP contribution >= 0.6 is 0 Å². The van der Waals surface area contributed by atoms with E-state index in [1.807, 2.05) is 48.6 Å². The normalized spacial score (nSPS) is 28.2. The fourth-order valence-corrected chi connectivity index (χ4v) is 1.95. The lowest BCUT2D eigenvalue weighted by Gasteiger charge is -2.33. The number of nitrogen functional groups attached to an aromatic ring is 1. The van der Waals surface area contributed by atoms with Crippen LogP contribution in [0.3, 0.4) is 0 Å². The molecule has 0 amide bonds. The molecule has 3 heteroatoms. The average Bonchev–Trinajstić information content (AvgIpc) is 2.29. The maximum absolute atomic E-state index is 6.18. The Labute approximate surface area is 95.4 Å². The molecule has 0 spiro atoms. The molecule has 4 N–H and O–H groups in total. The van der Waals surface area contributed by atoms with E-state index < -0.39 is 5.72 Å². The minimum Gasteiger partial charge on any atom is -0.399 e. The summed E-state index contributed by atoms with van der Waals surface area (Å²) in [5.74, 6) is -0.00833. The summed E-state index contributed by atoms with van der Waals surface area (Å²) >= 11 is 0. The molecule has 1 aliphatic rings. The van der Waals surface area contributed by atoms with Crippen LogP contribution in [-0.4, -0.2) is 12.8 Å². The van der Waals surface area contributed by atoms with Crippen LogP contribution in [0.5, 0.6) is 0 Å². The van der Waals surface area contributed by atoms with E-state index in [2.05, 4.69) is 0 Å². The first-order valence-corrected chi connectivity index (χ1v) is 5.21. The van der Waals surface area contributed by atoms with Gasteiger partial charge in [-0.05, 0) is 23.8 Å². The third kappa shape index (κ3) is 1.87. The lowest BCUT2D eigenvalue weighted by Crippen LogP contribution is -2.46. The summed E-state index contributed by atoms with van der Waals surface area (Å²) in [7, 11) is 1.61. The Balaban J connectivity index is 2.39. The minimum absolute atomic E-state index is 0.00833. The quantitative estimate of drug-likeness (QED) is 0.585. The second-order valence-corrected chi connectivity index (χ2v) is 3.95. The number of benzene rings is 1. The molecule has 2 atom stereocenters. The van der Waals surface area contributed by atoms with Crippen molar-refractivity contribution >= 4 is 5.69 Å². The van der Waals surface area contributed by atoms with Crippen molar-refractivity contribution in [2.75, 3.05) is 12.8 Å². The molecule has 0 aliphatic heterocycles. The van der Waals surface area contributed by atoms with Crippen LogP contribution in [0.25, 0.3) is 0 Å². The van der Waals surface area contributed by atoms with Crippen molar-refractivity contribution in [2.45, 2.75) is 11.6 Å². The second-order valence-electron chi connectivity index (χ2n) is 3.95. The van der Waals surface area contributed by atoms with Gasteiger partial charge in [0.25, 0.3) is 0 Å². The molecule has 2 rings (SSSR count). The van der Waals surface area contributed by atoms with Crippen molar-refractivity contribution in [3.63, 3.8) is 0 Å². The molecule has 0 fully saturated rings. The first-order valence-electron chi connectivity index (χ1n) is 5.21. The van der Waals surface area contributed by atoms with Gasteiger partial charge in [0.05, 0.1) is 0 Å². The molecule has 3 nitrogen and oxygen atoms in total. The summed E-state index contributed by atoms with van der Waals surface area (Å²) in [6.07, 6.45) is 7.75. The summed E-state index contributed by atoms with van der Waals surface area (Å²) in [6, 6.07) is 7.71. The van der Waals surface area contributed by atoms with E-state index in [1.165, 1.54) is 0 Å². The van der Waals surface area contributed by atoms with Crippen LogP contribution in [0.1, 0.15) is 11.5 Å². The molecule has 1 aromatic rings. The van der Waals surface area contributed by atoms with Gasteiger partial charge in [0.1, 0.15) is 5.72 Å². The zero-order chi connectivity index (χ0) is 11.6. The fraction of sp³-hybridized carbons (Fsp3) is 0.231. The Morgan fingerprint density at radius 3 is 2.81 bits per heavy atom. The predicted octanol–water partition coefficient (Wildman–Crippen LogP) is 1.78. The predicted molar refractivity (Wildman–Crippen MR) is 65.8 cm³/mol. The molecular weight excluding hydrogens is 200 g/mol. The molecule has 84 valence electrons. The van der Waals surface area contributed by atoms with E-state index in [0.717, 1.165) is 11.3 Å². The van der Waals surface area contributed by atoms with E-state index in [-0.39, 0.29) is 5.92 Å². The molecule has 0 heterocycles. The standard InChI is InChI=1S/C13H16N2O/c1-16-13(15)8-3-2-7-12(13)10-5-4-6-11(14)9-10/h2-9,12H,14-15H2,1H3. The van der Waals surface area contributed by atoms with Gasteiger partial charge in [0, 0.05) is 18.7 Å². The number of ether oxygens (including phenoxy) is 1. The second kappa shape index (κ2) is 4.12. The van der Waals surface area contributed by atoms with E-state index >= 15 is 0 Å². The van der Waals surface area contributed by atoms with Gasteiger partial charge < -0.3 is 10.5 Å². The van der Waals surface area contributed by atoms with Crippen molar-refractivity contribution in [3.8, 4) is 0 Å². The highest BCUT2D eigenvalue weighted by Crippen LogP contribution is 2.33. The van der Waals surface area contributed by atoms with Crippen molar-refractivity contribution in [2.24, 2.45) is 5.73 Å². The molecule has 0 saturated heterocycles. The first-order chi connectivity index (χ1) is 7.65. The van der Waals surface area contributed by atoms with Gasteiger partial charge >= 0.3 is 0 Å². The molecule has 16 heavy (non-hydrogen) atoms. The molecule has 1 aliphatic carbocycles. The molecule has 0 bridgehead atoms. The largest absolute Gasteiger partial charge is 0.399 e. The molecule has 1 aromatic carbocycles. The number of hydrogen-bond donors (Lipinski definition) is 2. The highest BCUT2D eigenvalue weighted by Gasteiger charge is 2.33. The highest BCUT2D eigenvalue weighted by atomic mass is 16.5. The van der Waals surface area contributed by atoms with Gasteiger partial charge in [0.2, 0.25) is 0 Å². The van der Waals surface area contributed by atoms with Crippen molar-refractivity contribution < 1.29 is 4.74 Å². The Kier molecular flexibility index (Phi) is 2.81. The highest BCUT2D eigenvalue weighted by molar-refractivity contribution is 5.45. The fourth-order valence-electron chi connectivity index (χ4n) is 1.95. The first kappa shape index (κ1) is 10.9. The van der Waals surface area contributed by atoms with Crippen LogP contribution in [0, 0.1) is 0 Å². The molecular formula is C13H16N2O. The summed E-state index contributed by atoms with van der Waals surface area (Å²) in [5, 5.41) is 0. The van der Waals surface area contributed by atoms with Crippen LogP contribution in [0.15, 0.2) is 48.6 Å². The lowest BCUT2D eigenvalue weighted by molar-refractivity contribution is 0.0246. The van der Waals surface area contributed by atoms with Crippen molar-refractivity contribution in [3.05, 3.63) is 54.1 Å². The Morgan fingerprint density at radius 1 is 1.31 bits per heavy atom. The molecule has 0 aromatic heterocycles. The topological polar surface area (TPSA) is 61.3 Å². The van der Waals surface area contributed by atoms with Gasteiger partial charge in [-0.1, -0.05) is 30.4 Å². The third-order valence-corrected chi connectivity index (χ3v) is 2.88. The Bertz CT molecular complexity index is 439. The SMILES string of the molecule is COC1(N)C=CC=CC1c1cccc(N)c1. The molecule has 0 radical (unpaired) electrons. The lowest BCUT2D eigenvalue weighted by atomic mass is 9.85. The zero-order valence-electron chi connectivity index (χ0n) is 9.26. The van der Waals surface area contributed by atoms with Gasteiger partial charge in [-0.25, -0.2) is 0 Å². The van der Waals surface area contributed by atoms with E-state index in [1.54, 1.807) is 7.11 Å². The van der Waals surface area contributed by atoms with Gasteiger partial charge in [-0.2, -0.15) is 0 Å². The maximum atomic E-state index is 6.18. The van der Waals surface area contributed by atoms with Crippen LogP contribution in [0.4, 0.5) is 5.69 Å². The number of rotatable bonds is 2. The summed E-state index contributed by atoms with van der Waals surface area (Å²) in [6.45, 7) is 0. The number of methoxy groups -OCH3 is 1. The number of nitrogens with two attached hydrogens (primary N) is 2. The average molecular weight is 216 g/mol. The van der Waals surface area contributed by atoms with Crippen molar-refractivity contribution in [1.82, 2.24) is 0 Å². The Hall–Kier alpha value is -1.58. The maximum Gasteiger partial charge on any atom is 0.146 e. The van der Waals surface area contributed by atoms with E-state index in [9.17, 15) is 0 Å².